The van der Waals surface area contributed by atoms with Gasteiger partial charge in [0.2, 0.25) is 0 Å². The second kappa shape index (κ2) is 13.2. The van der Waals surface area contributed by atoms with Crippen molar-refractivity contribution in [1.82, 2.24) is 0 Å². The number of anilines is 3. The van der Waals surface area contributed by atoms with Gasteiger partial charge < -0.3 is 9.32 Å². The molecule has 0 aliphatic carbocycles. The van der Waals surface area contributed by atoms with Crippen LogP contribution in [0.1, 0.15) is 11.1 Å². The van der Waals surface area contributed by atoms with E-state index in [4.69, 9.17) is 4.42 Å². The molecular formula is C50H37NO. The summed E-state index contributed by atoms with van der Waals surface area (Å²) < 4.78 is 6.10. The Morgan fingerprint density at radius 2 is 0.769 bits per heavy atom. The average Bonchev–Trinajstić information content (AvgIpc) is 3.58. The fraction of sp³-hybridized carbons (Fsp3) is 0.0400. The molecule has 9 rings (SSSR count). The number of benzene rings is 8. The van der Waals surface area contributed by atoms with Crippen molar-refractivity contribution in [3.63, 3.8) is 0 Å². The third kappa shape index (κ3) is 5.85. The topological polar surface area (TPSA) is 16.4 Å². The Bertz CT molecular complexity index is 2670. The van der Waals surface area contributed by atoms with Gasteiger partial charge in [-0.15, -0.1) is 0 Å². The Morgan fingerprint density at radius 3 is 1.40 bits per heavy atom. The van der Waals surface area contributed by atoms with Crippen molar-refractivity contribution in [2.24, 2.45) is 0 Å². The summed E-state index contributed by atoms with van der Waals surface area (Å²) in [7, 11) is 0. The third-order valence-electron chi connectivity index (χ3n) is 10.2. The van der Waals surface area contributed by atoms with Crippen LogP contribution in [-0.4, -0.2) is 0 Å². The number of hydrogen-bond acceptors (Lipinski definition) is 2. The zero-order valence-electron chi connectivity index (χ0n) is 29.3. The van der Waals surface area contributed by atoms with Gasteiger partial charge in [-0.1, -0.05) is 133 Å². The van der Waals surface area contributed by atoms with Gasteiger partial charge in [-0.2, -0.15) is 0 Å². The number of nitrogens with zero attached hydrogens (tertiary/aromatic N) is 1. The summed E-state index contributed by atoms with van der Waals surface area (Å²) in [6.45, 7) is 4.43. The summed E-state index contributed by atoms with van der Waals surface area (Å²) >= 11 is 0. The van der Waals surface area contributed by atoms with Crippen molar-refractivity contribution in [3.8, 4) is 44.5 Å². The van der Waals surface area contributed by atoms with Crippen LogP contribution in [0.4, 0.5) is 17.1 Å². The van der Waals surface area contributed by atoms with Gasteiger partial charge in [-0.05, 0) is 124 Å². The van der Waals surface area contributed by atoms with E-state index in [-0.39, 0.29) is 0 Å². The van der Waals surface area contributed by atoms with Gasteiger partial charge in [0.05, 0.1) is 0 Å². The molecule has 0 unspecified atom stereocenters. The van der Waals surface area contributed by atoms with Crippen LogP contribution in [0, 0.1) is 13.8 Å². The van der Waals surface area contributed by atoms with E-state index >= 15 is 0 Å². The molecule has 0 amide bonds. The summed E-state index contributed by atoms with van der Waals surface area (Å²) in [6, 6.07) is 67.3. The van der Waals surface area contributed by atoms with E-state index in [1.165, 1.54) is 50.1 Å². The lowest BCUT2D eigenvalue weighted by molar-refractivity contribution is 0.669. The second-order valence-electron chi connectivity index (χ2n) is 13.5. The van der Waals surface area contributed by atoms with E-state index in [2.05, 4.69) is 195 Å². The molecular weight excluding hydrogens is 631 g/mol. The Kier molecular flexibility index (Phi) is 7.98. The van der Waals surface area contributed by atoms with Crippen LogP contribution in [0.25, 0.3) is 66.4 Å². The smallest absolute Gasteiger partial charge is 0.135 e. The van der Waals surface area contributed by atoms with Crippen LogP contribution in [0.2, 0.25) is 0 Å². The van der Waals surface area contributed by atoms with Crippen LogP contribution in [-0.2, 0) is 0 Å². The molecule has 0 atom stereocenters. The molecule has 0 radical (unpaired) electrons. The number of aryl methyl sites for hydroxylation is 2. The fourth-order valence-electron chi connectivity index (χ4n) is 7.45. The lowest BCUT2D eigenvalue weighted by Gasteiger charge is -2.27. The molecule has 9 aromatic rings. The first-order valence-corrected chi connectivity index (χ1v) is 17.8. The quantitative estimate of drug-likeness (QED) is 0.168. The lowest BCUT2D eigenvalue weighted by Crippen LogP contribution is -2.10. The highest BCUT2D eigenvalue weighted by Gasteiger charge is 2.16. The van der Waals surface area contributed by atoms with Gasteiger partial charge >= 0.3 is 0 Å². The van der Waals surface area contributed by atoms with Crippen molar-refractivity contribution >= 4 is 39.0 Å². The van der Waals surface area contributed by atoms with Gasteiger partial charge in [0.1, 0.15) is 11.2 Å². The van der Waals surface area contributed by atoms with E-state index in [0.717, 1.165) is 44.6 Å². The molecule has 0 saturated carbocycles. The number of hydrogen-bond donors (Lipinski definition) is 0. The van der Waals surface area contributed by atoms with Crippen LogP contribution >= 0.6 is 0 Å². The minimum Gasteiger partial charge on any atom is -0.456 e. The van der Waals surface area contributed by atoms with Crippen LogP contribution in [0.3, 0.4) is 0 Å². The molecule has 2 nitrogen and oxygen atoms in total. The SMILES string of the molecule is Cc1cc(-c2ccccc2)ccc1-c1ccc(N(c2ccc(-c3ccccc3)cc2)c2ccc(-c3ccc4oc5ccccc5c4c3)cc2)cc1C. The van der Waals surface area contributed by atoms with Crippen molar-refractivity contribution in [2.75, 3.05) is 4.90 Å². The van der Waals surface area contributed by atoms with E-state index < -0.39 is 0 Å². The highest BCUT2D eigenvalue weighted by atomic mass is 16.3. The monoisotopic (exact) mass is 667 g/mol. The van der Waals surface area contributed by atoms with Gasteiger partial charge in [-0.25, -0.2) is 0 Å². The summed E-state index contributed by atoms with van der Waals surface area (Å²) in [6.07, 6.45) is 0. The van der Waals surface area contributed by atoms with Gasteiger partial charge in [-0.3, -0.25) is 0 Å². The maximum absolute atomic E-state index is 6.10. The predicted molar refractivity (Wildman–Crippen MR) is 220 cm³/mol. The average molecular weight is 668 g/mol. The number of fused-ring (bicyclic) bond motifs is 3. The molecule has 0 aliphatic heterocycles. The molecule has 0 bridgehead atoms. The van der Waals surface area contributed by atoms with Crippen molar-refractivity contribution in [3.05, 3.63) is 199 Å². The van der Waals surface area contributed by atoms with E-state index in [1.807, 2.05) is 12.1 Å². The van der Waals surface area contributed by atoms with Crippen LogP contribution in [0.15, 0.2) is 192 Å². The largest absolute Gasteiger partial charge is 0.456 e. The Hall–Kier alpha value is -6.64. The lowest BCUT2D eigenvalue weighted by atomic mass is 9.93. The van der Waals surface area contributed by atoms with Crippen LogP contribution < -0.4 is 4.90 Å². The molecule has 0 aliphatic rings. The summed E-state index contributed by atoms with van der Waals surface area (Å²) in [5.74, 6) is 0. The van der Waals surface area contributed by atoms with Crippen molar-refractivity contribution in [1.29, 1.82) is 0 Å². The van der Waals surface area contributed by atoms with Gasteiger partial charge in [0.25, 0.3) is 0 Å². The zero-order chi connectivity index (χ0) is 35.0. The van der Waals surface area contributed by atoms with Gasteiger partial charge in [0.15, 0.2) is 0 Å². The Labute approximate surface area is 304 Å². The molecule has 0 spiro atoms. The summed E-state index contributed by atoms with van der Waals surface area (Å²) in [5, 5.41) is 2.28. The summed E-state index contributed by atoms with van der Waals surface area (Å²) in [4.78, 5) is 2.35. The first-order chi connectivity index (χ1) is 25.6. The predicted octanol–water partition coefficient (Wildman–Crippen LogP) is 14.3. The number of rotatable bonds is 7. The van der Waals surface area contributed by atoms with Crippen molar-refractivity contribution in [2.45, 2.75) is 13.8 Å². The maximum atomic E-state index is 6.10. The first-order valence-electron chi connectivity index (χ1n) is 17.8. The Morgan fingerprint density at radius 1 is 0.327 bits per heavy atom. The summed E-state index contributed by atoms with van der Waals surface area (Å²) in [5.41, 5.74) is 17.4. The van der Waals surface area contributed by atoms with Gasteiger partial charge in [0, 0.05) is 27.8 Å². The molecule has 1 heterocycles. The molecule has 0 fully saturated rings. The Balaban J connectivity index is 1.09. The molecule has 0 N–H and O–H groups in total. The fourth-order valence-corrected chi connectivity index (χ4v) is 7.45. The minimum atomic E-state index is 0.910. The normalized spacial score (nSPS) is 11.3. The standard InChI is InChI=1S/C50H37NO/c1-34-31-40(37-13-7-4-8-14-37)21-28-45(34)46-29-27-44(32-35(46)2)51(42-23-17-38(18-24-42)36-11-5-3-6-12-36)43-25-19-39(20-26-43)41-22-30-50-48(33-41)47-15-9-10-16-49(47)52-50/h3-33H,1-2H3. The molecule has 1 aromatic heterocycles. The highest BCUT2D eigenvalue weighted by Crippen LogP contribution is 2.40. The molecule has 2 heteroatoms. The second-order valence-corrected chi connectivity index (χ2v) is 13.5. The number of para-hydroxylation sites is 1. The molecule has 248 valence electrons. The van der Waals surface area contributed by atoms with E-state index in [1.54, 1.807) is 0 Å². The van der Waals surface area contributed by atoms with Crippen molar-refractivity contribution < 1.29 is 4.42 Å². The highest BCUT2D eigenvalue weighted by molar-refractivity contribution is 6.06. The molecule has 0 saturated heterocycles. The molecule has 52 heavy (non-hydrogen) atoms. The number of furan rings is 1. The minimum absolute atomic E-state index is 0.910. The maximum Gasteiger partial charge on any atom is 0.135 e. The van der Waals surface area contributed by atoms with E-state index in [0.29, 0.717) is 0 Å². The molecule has 8 aromatic carbocycles. The third-order valence-corrected chi connectivity index (χ3v) is 10.2. The zero-order valence-corrected chi connectivity index (χ0v) is 29.3. The van der Waals surface area contributed by atoms with E-state index in [9.17, 15) is 0 Å². The first kappa shape index (κ1) is 31.3. The van der Waals surface area contributed by atoms with Crippen LogP contribution in [0.5, 0.6) is 0 Å².